The predicted octanol–water partition coefficient (Wildman–Crippen LogP) is 1.57. The first-order valence-corrected chi connectivity index (χ1v) is 4.52. The SMILES string of the molecule is C/C=C(\C=C/C=C(N)N)SC. The average Bonchev–Trinajstić information content (AvgIpc) is 1.98. The quantitative estimate of drug-likeness (QED) is 0.632. The monoisotopic (exact) mass is 170 g/mol. The number of allylic oxidation sites excluding steroid dienone is 4. The minimum atomic E-state index is 0.331. The standard InChI is InChI=1S/C8H14N2S/c1-3-7(11-2)5-4-6-8(9)10/h3-6H,9-10H2,1-2H3/b5-4-,7-3+. The fourth-order valence-electron chi connectivity index (χ4n) is 0.536. The lowest BCUT2D eigenvalue weighted by Gasteiger charge is -1.91. The Morgan fingerprint density at radius 1 is 1.36 bits per heavy atom. The molecule has 0 atom stereocenters. The van der Waals surface area contributed by atoms with Gasteiger partial charge in [-0.1, -0.05) is 12.2 Å². The van der Waals surface area contributed by atoms with Gasteiger partial charge in [-0.2, -0.15) is 0 Å². The second-order valence-electron chi connectivity index (χ2n) is 1.92. The van der Waals surface area contributed by atoms with Crippen LogP contribution in [0, 0.1) is 0 Å². The second kappa shape index (κ2) is 5.92. The summed E-state index contributed by atoms with van der Waals surface area (Å²) in [7, 11) is 0. The normalized spacial score (nSPS) is 12.0. The number of nitrogens with two attached hydrogens (primary N) is 2. The van der Waals surface area contributed by atoms with Crippen LogP contribution in [-0.4, -0.2) is 6.26 Å². The Balaban J connectivity index is 4.02. The summed E-state index contributed by atoms with van der Waals surface area (Å²) in [4.78, 5) is 1.20. The van der Waals surface area contributed by atoms with E-state index in [1.165, 1.54) is 4.91 Å². The van der Waals surface area contributed by atoms with Gasteiger partial charge in [-0.3, -0.25) is 0 Å². The van der Waals surface area contributed by atoms with Gasteiger partial charge < -0.3 is 11.5 Å². The predicted molar refractivity (Wildman–Crippen MR) is 52.9 cm³/mol. The van der Waals surface area contributed by atoms with E-state index in [-0.39, 0.29) is 0 Å². The van der Waals surface area contributed by atoms with E-state index >= 15 is 0 Å². The Morgan fingerprint density at radius 3 is 2.36 bits per heavy atom. The lowest BCUT2D eigenvalue weighted by atomic mass is 10.4. The molecule has 62 valence electrons. The van der Waals surface area contributed by atoms with Crippen molar-refractivity contribution in [1.82, 2.24) is 0 Å². The van der Waals surface area contributed by atoms with E-state index < -0.39 is 0 Å². The fraction of sp³-hybridized carbons (Fsp3) is 0.250. The molecule has 0 rings (SSSR count). The molecule has 0 unspecified atom stereocenters. The molecular weight excluding hydrogens is 156 g/mol. The summed E-state index contributed by atoms with van der Waals surface area (Å²) in [5.41, 5.74) is 10.4. The summed E-state index contributed by atoms with van der Waals surface area (Å²) < 4.78 is 0. The highest BCUT2D eigenvalue weighted by Gasteiger charge is 1.82. The van der Waals surface area contributed by atoms with Crippen molar-refractivity contribution < 1.29 is 0 Å². The summed E-state index contributed by atoms with van der Waals surface area (Å²) in [6.07, 6.45) is 9.52. The first kappa shape index (κ1) is 10.2. The maximum absolute atomic E-state index is 5.22. The Kier molecular flexibility index (Phi) is 5.47. The summed E-state index contributed by atoms with van der Waals surface area (Å²) in [5.74, 6) is 0.331. The van der Waals surface area contributed by atoms with Crippen LogP contribution in [0.3, 0.4) is 0 Å². The Bertz CT molecular complexity index is 188. The molecule has 2 nitrogen and oxygen atoms in total. The molecule has 11 heavy (non-hydrogen) atoms. The summed E-state index contributed by atoms with van der Waals surface area (Å²) >= 11 is 1.68. The van der Waals surface area contributed by atoms with Crippen molar-refractivity contribution in [3.8, 4) is 0 Å². The van der Waals surface area contributed by atoms with Crippen molar-refractivity contribution in [1.29, 1.82) is 0 Å². The molecule has 0 radical (unpaired) electrons. The highest BCUT2D eigenvalue weighted by molar-refractivity contribution is 8.02. The molecule has 0 aromatic carbocycles. The number of hydrogen-bond acceptors (Lipinski definition) is 3. The number of thioether (sulfide) groups is 1. The van der Waals surface area contributed by atoms with Crippen LogP contribution in [0.25, 0.3) is 0 Å². The first-order valence-electron chi connectivity index (χ1n) is 3.30. The third kappa shape index (κ3) is 5.61. The molecular formula is C8H14N2S. The van der Waals surface area contributed by atoms with E-state index in [0.717, 1.165) is 0 Å². The Labute approximate surface area is 72.0 Å². The van der Waals surface area contributed by atoms with Gasteiger partial charge in [0.05, 0.1) is 5.82 Å². The number of rotatable bonds is 3. The van der Waals surface area contributed by atoms with E-state index in [2.05, 4.69) is 0 Å². The minimum Gasteiger partial charge on any atom is -0.386 e. The van der Waals surface area contributed by atoms with E-state index in [9.17, 15) is 0 Å². The van der Waals surface area contributed by atoms with Crippen LogP contribution in [0.5, 0.6) is 0 Å². The zero-order valence-corrected chi connectivity index (χ0v) is 7.69. The molecule has 0 saturated heterocycles. The molecule has 4 N–H and O–H groups in total. The van der Waals surface area contributed by atoms with Crippen molar-refractivity contribution in [2.24, 2.45) is 11.5 Å². The molecule has 0 spiro atoms. The molecule has 0 aliphatic heterocycles. The Morgan fingerprint density at radius 2 is 2.00 bits per heavy atom. The highest BCUT2D eigenvalue weighted by atomic mass is 32.2. The highest BCUT2D eigenvalue weighted by Crippen LogP contribution is 2.11. The van der Waals surface area contributed by atoms with Crippen LogP contribution < -0.4 is 11.5 Å². The molecule has 0 fully saturated rings. The van der Waals surface area contributed by atoms with Gasteiger partial charge in [-0.15, -0.1) is 11.8 Å². The lowest BCUT2D eigenvalue weighted by Crippen LogP contribution is -2.06. The lowest BCUT2D eigenvalue weighted by molar-refractivity contribution is 1.25. The molecule has 0 bridgehead atoms. The smallest absolute Gasteiger partial charge is 0.0933 e. The second-order valence-corrected chi connectivity index (χ2v) is 2.80. The molecule has 0 aromatic rings. The maximum atomic E-state index is 5.22. The van der Waals surface area contributed by atoms with Crippen molar-refractivity contribution in [3.05, 3.63) is 35.0 Å². The zero-order chi connectivity index (χ0) is 8.69. The van der Waals surface area contributed by atoms with E-state index in [1.807, 2.05) is 31.4 Å². The molecule has 0 amide bonds. The van der Waals surface area contributed by atoms with Crippen LogP contribution >= 0.6 is 11.8 Å². The van der Waals surface area contributed by atoms with Gasteiger partial charge in [0.15, 0.2) is 0 Å². The summed E-state index contributed by atoms with van der Waals surface area (Å²) in [6, 6.07) is 0. The third-order valence-corrected chi connectivity index (χ3v) is 1.91. The summed E-state index contributed by atoms with van der Waals surface area (Å²) in [6.45, 7) is 1.99. The van der Waals surface area contributed by atoms with Gasteiger partial charge in [0.1, 0.15) is 0 Å². The van der Waals surface area contributed by atoms with E-state index in [4.69, 9.17) is 11.5 Å². The molecule has 0 aliphatic rings. The van der Waals surface area contributed by atoms with Gasteiger partial charge in [0.2, 0.25) is 0 Å². The van der Waals surface area contributed by atoms with Gasteiger partial charge in [-0.05, 0) is 25.3 Å². The van der Waals surface area contributed by atoms with Crippen LogP contribution in [0.2, 0.25) is 0 Å². The van der Waals surface area contributed by atoms with Crippen molar-refractivity contribution >= 4 is 11.8 Å². The average molecular weight is 170 g/mol. The van der Waals surface area contributed by atoms with Crippen LogP contribution in [-0.2, 0) is 0 Å². The molecule has 3 heteroatoms. The third-order valence-electron chi connectivity index (χ3n) is 1.07. The van der Waals surface area contributed by atoms with Gasteiger partial charge >= 0.3 is 0 Å². The molecule has 0 heterocycles. The van der Waals surface area contributed by atoms with Crippen molar-refractivity contribution in [2.45, 2.75) is 6.92 Å². The molecule has 0 saturated carbocycles. The minimum absolute atomic E-state index is 0.331. The van der Waals surface area contributed by atoms with Crippen molar-refractivity contribution in [2.75, 3.05) is 6.26 Å². The first-order chi connectivity index (χ1) is 5.20. The zero-order valence-electron chi connectivity index (χ0n) is 6.87. The van der Waals surface area contributed by atoms with E-state index in [1.54, 1.807) is 17.8 Å². The molecule has 0 aliphatic carbocycles. The largest absolute Gasteiger partial charge is 0.386 e. The van der Waals surface area contributed by atoms with Crippen LogP contribution in [0.15, 0.2) is 35.0 Å². The number of hydrogen-bond donors (Lipinski definition) is 2. The van der Waals surface area contributed by atoms with Crippen molar-refractivity contribution in [3.63, 3.8) is 0 Å². The van der Waals surface area contributed by atoms with Gasteiger partial charge in [0, 0.05) is 4.91 Å². The topological polar surface area (TPSA) is 52.0 Å². The van der Waals surface area contributed by atoms with Crippen LogP contribution in [0.1, 0.15) is 6.92 Å². The molecule has 0 aromatic heterocycles. The summed E-state index contributed by atoms with van der Waals surface area (Å²) in [5, 5.41) is 0. The Hall–Kier alpha value is -0.830. The van der Waals surface area contributed by atoms with E-state index in [0.29, 0.717) is 5.82 Å². The van der Waals surface area contributed by atoms with Gasteiger partial charge in [-0.25, -0.2) is 0 Å². The van der Waals surface area contributed by atoms with Crippen LogP contribution in [0.4, 0.5) is 0 Å². The van der Waals surface area contributed by atoms with Gasteiger partial charge in [0.25, 0.3) is 0 Å². The maximum Gasteiger partial charge on any atom is 0.0933 e. The fourth-order valence-corrected chi connectivity index (χ4v) is 0.987.